The Kier molecular flexibility index (Phi) is 6.36. The Morgan fingerprint density at radius 2 is 1.61 bits per heavy atom. The van der Waals surface area contributed by atoms with E-state index in [-0.39, 0.29) is 12.1 Å². The van der Waals surface area contributed by atoms with Crippen molar-refractivity contribution in [3.05, 3.63) is 71.3 Å². The van der Waals surface area contributed by atoms with Crippen LogP contribution >= 0.6 is 0 Å². The highest BCUT2D eigenvalue weighted by Crippen LogP contribution is 2.21. The van der Waals surface area contributed by atoms with E-state index in [1.165, 1.54) is 0 Å². The van der Waals surface area contributed by atoms with Crippen molar-refractivity contribution in [3.8, 4) is 0 Å². The Morgan fingerprint density at radius 3 is 2.22 bits per heavy atom. The highest BCUT2D eigenvalue weighted by molar-refractivity contribution is 5.91. The summed E-state index contributed by atoms with van der Waals surface area (Å²) in [6.07, 6.45) is -0.261. The van der Waals surface area contributed by atoms with Gasteiger partial charge in [-0.15, -0.1) is 0 Å². The maximum absolute atomic E-state index is 12.6. The predicted octanol–water partition coefficient (Wildman–Crippen LogP) is 4.23. The van der Waals surface area contributed by atoms with Crippen molar-refractivity contribution in [3.63, 3.8) is 0 Å². The third-order valence-corrected chi connectivity index (χ3v) is 4.10. The molecule has 0 saturated carbocycles. The zero-order valence-corrected chi connectivity index (χ0v) is 14.2. The second-order valence-corrected chi connectivity index (χ2v) is 5.61. The summed E-state index contributed by atoms with van der Waals surface area (Å²) in [5.74, 6) is -0.260. The highest BCUT2D eigenvalue weighted by atomic mass is 16.5. The van der Waals surface area contributed by atoms with Gasteiger partial charge < -0.3 is 4.74 Å². The minimum absolute atomic E-state index is 0.260. The molecule has 2 aromatic carbocycles. The molecule has 1 unspecified atom stereocenters. The Balaban J connectivity index is 2.20. The smallest absolute Gasteiger partial charge is 0.339 e. The molecule has 0 amide bonds. The lowest BCUT2D eigenvalue weighted by atomic mass is 10.1. The van der Waals surface area contributed by atoms with E-state index in [4.69, 9.17) is 4.74 Å². The topological polar surface area (TPSA) is 29.5 Å². The van der Waals surface area contributed by atoms with E-state index < -0.39 is 0 Å². The molecule has 3 heteroatoms. The van der Waals surface area contributed by atoms with Gasteiger partial charge in [0.2, 0.25) is 0 Å². The number of aryl methyl sites for hydroxylation is 1. The Morgan fingerprint density at radius 1 is 1.00 bits per heavy atom. The number of esters is 1. The van der Waals surface area contributed by atoms with Crippen LogP contribution in [0.2, 0.25) is 0 Å². The lowest BCUT2D eigenvalue weighted by molar-refractivity contribution is 0.0203. The quantitative estimate of drug-likeness (QED) is 0.717. The van der Waals surface area contributed by atoms with E-state index in [0.717, 1.165) is 24.2 Å². The van der Waals surface area contributed by atoms with Gasteiger partial charge in [-0.2, -0.15) is 0 Å². The lowest BCUT2D eigenvalue weighted by Gasteiger charge is -2.26. The summed E-state index contributed by atoms with van der Waals surface area (Å²) in [5, 5.41) is 0. The molecule has 0 aliphatic carbocycles. The van der Waals surface area contributed by atoms with Crippen LogP contribution in [0.4, 0.5) is 0 Å². The minimum atomic E-state index is -0.261. The van der Waals surface area contributed by atoms with Gasteiger partial charge in [0.1, 0.15) is 6.10 Å². The van der Waals surface area contributed by atoms with Gasteiger partial charge in [0.05, 0.1) is 5.56 Å². The first-order valence-electron chi connectivity index (χ1n) is 8.19. The van der Waals surface area contributed by atoms with Gasteiger partial charge in [0, 0.05) is 6.54 Å². The monoisotopic (exact) mass is 311 g/mol. The molecular weight excluding hydrogens is 286 g/mol. The van der Waals surface area contributed by atoms with Crippen LogP contribution in [0.3, 0.4) is 0 Å². The summed E-state index contributed by atoms with van der Waals surface area (Å²) in [6.45, 7) is 8.74. The first kappa shape index (κ1) is 17.2. The molecule has 0 heterocycles. The SMILES string of the molecule is CCN(CC)CC(OC(=O)c1ccccc1C)c1ccccc1. The molecule has 23 heavy (non-hydrogen) atoms. The zero-order valence-electron chi connectivity index (χ0n) is 14.2. The van der Waals surface area contributed by atoms with Crippen molar-refractivity contribution in [2.24, 2.45) is 0 Å². The number of benzene rings is 2. The van der Waals surface area contributed by atoms with E-state index in [9.17, 15) is 4.79 Å². The highest BCUT2D eigenvalue weighted by Gasteiger charge is 2.20. The average Bonchev–Trinajstić information content (AvgIpc) is 2.59. The fourth-order valence-corrected chi connectivity index (χ4v) is 2.59. The number of rotatable bonds is 7. The van der Waals surface area contributed by atoms with E-state index >= 15 is 0 Å². The van der Waals surface area contributed by atoms with Crippen LogP contribution < -0.4 is 0 Å². The van der Waals surface area contributed by atoms with Crippen LogP contribution in [0.5, 0.6) is 0 Å². The van der Waals surface area contributed by atoms with E-state index in [2.05, 4.69) is 18.7 Å². The summed E-state index contributed by atoms with van der Waals surface area (Å²) < 4.78 is 5.86. The maximum atomic E-state index is 12.6. The fraction of sp³-hybridized carbons (Fsp3) is 0.350. The lowest BCUT2D eigenvalue weighted by Crippen LogP contribution is -2.30. The molecule has 2 rings (SSSR count). The Hall–Kier alpha value is -2.13. The molecule has 3 nitrogen and oxygen atoms in total. The molecule has 0 aliphatic rings. The Bertz CT molecular complexity index is 621. The number of likely N-dealkylation sites (N-methyl/N-ethyl adjacent to an activating group) is 1. The van der Waals surface area contributed by atoms with Gasteiger partial charge >= 0.3 is 5.97 Å². The minimum Gasteiger partial charge on any atom is -0.453 e. The number of ether oxygens (including phenoxy) is 1. The molecule has 0 saturated heterocycles. The van der Waals surface area contributed by atoms with Crippen LogP contribution in [0.25, 0.3) is 0 Å². The zero-order chi connectivity index (χ0) is 16.7. The number of hydrogen-bond donors (Lipinski definition) is 0. The molecule has 122 valence electrons. The maximum Gasteiger partial charge on any atom is 0.339 e. The largest absolute Gasteiger partial charge is 0.453 e. The number of nitrogens with zero attached hydrogens (tertiary/aromatic N) is 1. The van der Waals surface area contributed by atoms with Crippen molar-refractivity contribution in [1.82, 2.24) is 4.90 Å². The number of carbonyl (C=O) groups excluding carboxylic acids is 1. The molecule has 0 radical (unpaired) electrons. The van der Waals surface area contributed by atoms with E-state index in [1.54, 1.807) is 0 Å². The summed E-state index contributed by atoms with van der Waals surface area (Å²) in [6, 6.07) is 17.5. The van der Waals surface area contributed by atoms with Gasteiger partial charge in [-0.25, -0.2) is 4.79 Å². The van der Waals surface area contributed by atoms with Crippen LogP contribution in [-0.4, -0.2) is 30.5 Å². The molecule has 2 aromatic rings. The fourth-order valence-electron chi connectivity index (χ4n) is 2.59. The van der Waals surface area contributed by atoms with Crippen LogP contribution in [0, 0.1) is 6.92 Å². The Labute approximate surface area is 138 Å². The van der Waals surface area contributed by atoms with Gasteiger partial charge in [-0.3, -0.25) is 4.90 Å². The predicted molar refractivity (Wildman–Crippen MR) is 93.6 cm³/mol. The summed E-state index contributed by atoms with van der Waals surface area (Å²) >= 11 is 0. The molecule has 0 fully saturated rings. The summed E-state index contributed by atoms with van der Waals surface area (Å²) in [4.78, 5) is 14.8. The molecule has 0 spiro atoms. The second kappa shape index (κ2) is 8.49. The molecule has 0 aromatic heterocycles. The van der Waals surface area contributed by atoms with Gasteiger partial charge in [0.15, 0.2) is 0 Å². The number of carbonyl (C=O) groups is 1. The molecule has 1 atom stereocenters. The first-order chi connectivity index (χ1) is 11.2. The molecular formula is C20H25NO2. The third-order valence-electron chi connectivity index (χ3n) is 4.10. The van der Waals surface area contributed by atoms with E-state index in [1.807, 2.05) is 61.5 Å². The standard InChI is InChI=1S/C20H25NO2/c1-4-21(5-2)15-19(17-12-7-6-8-13-17)23-20(22)18-14-10-9-11-16(18)3/h6-14,19H,4-5,15H2,1-3H3. The summed E-state index contributed by atoms with van der Waals surface area (Å²) in [5.41, 5.74) is 2.60. The van der Waals surface area contributed by atoms with Crippen molar-refractivity contribution in [2.75, 3.05) is 19.6 Å². The molecule has 0 N–H and O–H groups in total. The summed E-state index contributed by atoms with van der Waals surface area (Å²) in [7, 11) is 0. The second-order valence-electron chi connectivity index (χ2n) is 5.61. The van der Waals surface area contributed by atoms with E-state index in [0.29, 0.717) is 12.1 Å². The van der Waals surface area contributed by atoms with Crippen molar-refractivity contribution in [2.45, 2.75) is 26.9 Å². The normalized spacial score (nSPS) is 12.2. The van der Waals surface area contributed by atoms with Gasteiger partial charge in [-0.05, 0) is 37.2 Å². The van der Waals surface area contributed by atoms with Crippen LogP contribution in [-0.2, 0) is 4.74 Å². The third kappa shape index (κ3) is 4.67. The van der Waals surface area contributed by atoms with Gasteiger partial charge in [-0.1, -0.05) is 62.4 Å². The van der Waals surface area contributed by atoms with Crippen LogP contribution in [0.15, 0.2) is 54.6 Å². The average molecular weight is 311 g/mol. The molecule has 0 bridgehead atoms. The van der Waals surface area contributed by atoms with Crippen molar-refractivity contribution < 1.29 is 9.53 Å². The molecule has 0 aliphatic heterocycles. The van der Waals surface area contributed by atoms with Crippen LogP contribution in [0.1, 0.15) is 41.4 Å². The number of hydrogen-bond acceptors (Lipinski definition) is 3. The van der Waals surface area contributed by atoms with Crippen molar-refractivity contribution in [1.29, 1.82) is 0 Å². The first-order valence-corrected chi connectivity index (χ1v) is 8.19. The van der Waals surface area contributed by atoms with Gasteiger partial charge in [0.25, 0.3) is 0 Å². The van der Waals surface area contributed by atoms with Crippen molar-refractivity contribution >= 4 is 5.97 Å².